The average molecular weight is 556 g/mol. The van der Waals surface area contributed by atoms with Crippen LogP contribution in [-0.2, 0) is 15.7 Å². The molecule has 1 aromatic carbocycles. The highest BCUT2D eigenvalue weighted by molar-refractivity contribution is 5.96. The van der Waals surface area contributed by atoms with E-state index in [2.05, 4.69) is 12.2 Å². The van der Waals surface area contributed by atoms with Gasteiger partial charge in [-0.3, -0.25) is 4.79 Å². The van der Waals surface area contributed by atoms with Crippen LogP contribution in [-0.4, -0.2) is 24.5 Å². The highest BCUT2D eigenvalue weighted by atomic mass is 19.4. The minimum absolute atomic E-state index is 0.0716. The first-order valence-electron chi connectivity index (χ1n) is 15.3. The minimum Gasteiger partial charge on any atom is -0.464 e. The molecule has 0 aromatic heterocycles. The van der Waals surface area contributed by atoms with Crippen LogP contribution in [0.1, 0.15) is 146 Å². The van der Waals surface area contributed by atoms with Crippen molar-refractivity contribution in [3.8, 4) is 0 Å². The Morgan fingerprint density at radius 1 is 0.744 bits per heavy atom. The number of carbonyl (C=O) groups excluding carboxylic acids is 2. The van der Waals surface area contributed by atoms with Gasteiger partial charge in [-0.05, 0) is 43.0 Å². The van der Waals surface area contributed by atoms with Crippen molar-refractivity contribution in [1.82, 2.24) is 5.32 Å². The molecule has 0 saturated heterocycles. The van der Waals surface area contributed by atoms with E-state index < -0.39 is 29.7 Å². The van der Waals surface area contributed by atoms with Gasteiger partial charge in [-0.25, -0.2) is 4.79 Å². The van der Waals surface area contributed by atoms with Crippen LogP contribution in [0.25, 0.3) is 0 Å². The zero-order chi connectivity index (χ0) is 28.9. The number of benzene rings is 1. The quantitative estimate of drug-likeness (QED) is 0.114. The molecular formula is C32H52F3NO3. The van der Waals surface area contributed by atoms with E-state index in [1.165, 1.54) is 83.5 Å². The maximum absolute atomic E-state index is 12.8. The summed E-state index contributed by atoms with van der Waals surface area (Å²) in [5.74, 6) is -0.954. The van der Waals surface area contributed by atoms with E-state index in [0.717, 1.165) is 43.5 Å². The maximum atomic E-state index is 12.8. The Bertz CT molecular complexity index is 778. The van der Waals surface area contributed by atoms with Gasteiger partial charge in [0.2, 0.25) is 0 Å². The van der Waals surface area contributed by atoms with Gasteiger partial charge in [0, 0.05) is 5.56 Å². The molecule has 0 aliphatic carbocycles. The van der Waals surface area contributed by atoms with Crippen molar-refractivity contribution < 1.29 is 27.5 Å². The van der Waals surface area contributed by atoms with E-state index in [1.807, 2.05) is 13.8 Å². The third kappa shape index (κ3) is 17.3. The SMILES string of the molecule is CCCCCCCCCCCCCCCCCCOC(=O)C(CC(C)C)NC(=O)c1ccc(C(F)(F)F)cc1. The third-order valence-electron chi connectivity index (χ3n) is 7.01. The number of hydrogen-bond donors (Lipinski definition) is 1. The standard InChI is InChI=1S/C32H52F3NO3/c1-4-5-6-7-8-9-10-11-12-13-14-15-16-17-18-19-24-39-31(38)29(25-26(2)3)36-30(37)27-20-22-28(23-21-27)32(33,34)35/h20-23,26,29H,4-19,24-25H2,1-3H3,(H,36,37). The largest absolute Gasteiger partial charge is 0.464 e. The van der Waals surface area contributed by atoms with Crippen LogP contribution in [0.2, 0.25) is 0 Å². The van der Waals surface area contributed by atoms with E-state index in [1.54, 1.807) is 0 Å². The summed E-state index contributed by atoms with van der Waals surface area (Å²) in [6.45, 7) is 6.43. The molecule has 1 unspecified atom stereocenters. The lowest BCUT2D eigenvalue weighted by Crippen LogP contribution is -2.42. The highest BCUT2D eigenvalue weighted by Crippen LogP contribution is 2.29. The molecule has 0 fully saturated rings. The Morgan fingerprint density at radius 2 is 1.18 bits per heavy atom. The topological polar surface area (TPSA) is 55.4 Å². The van der Waals surface area contributed by atoms with Crippen molar-refractivity contribution in [2.75, 3.05) is 6.61 Å². The van der Waals surface area contributed by atoms with E-state index >= 15 is 0 Å². The zero-order valence-corrected chi connectivity index (χ0v) is 24.6. The Kier molecular flexibility index (Phi) is 18.7. The Labute approximate surface area is 234 Å². The van der Waals surface area contributed by atoms with Crippen LogP contribution < -0.4 is 5.32 Å². The number of rotatable bonds is 22. The smallest absolute Gasteiger partial charge is 0.416 e. The summed E-state index contributed by atoms with van der Waals surface area (Å²) in [5, 5.41) is 2.63. The molecule has 0 saturated carbocycles. The number of halogens is 3. The van der Waals surface area contributed by atoms with Crippen LogP contribution in [0.5, 0.6) is 0 Å². The Balaban J connectivity index is 2.16. The second-order valence-electron chi connectivity index (χ2n) is 11.2. The van der Waals surface area contributed by atoms with E-state index in [9.17, 15) is 22.8 Å². The normalized spacial score (nSPS) is 12.5. The fourth-order valence-corrected chi connectivity index (χ4v) is 4.66. The summed E-state index contributed by atoms with van der Waals surface area (Å²) in [5.41, 5.74) is -0.752. The van der Waals surface area contributed by atoms with Crippen LogP contribution in [0, 0.1) is 5.92 Å². The van der Waals surface area contributed by atoms with Crippen molar-refractivity contribution >= 4 is 11.9 Å². The van der Waals surface area contributed by atoms with Gasteiger partial charge in [0.05, 0.1) is 12.2 Å². The molecule has 1 N–H and O–H groups in total. The Morgan fingerprint density at radius 3 is 1.59 bits per heavy atom. The van der Waals surface area contributed by atoms with Gasteiger partial charge in [-0.2, -0.15) is 13.2 Å². The van der Waals surface area contributed by atoms with Crippen molar-refractivity contribution in [1.29, 1.82) is 0 Å². The predicted molar refractivity (Wildman–Crippen MR) is 153 cm³/mol. The van der Waals surface area contributed by atoms with Crippen molar-refractivity contribution in [3.05, 3.63) is 35.4 Å². The number of esters is 1. The maximum Gasteiger partial charge on any atom is 0.416 e. The molecule has 0 aliphatic heterocycles. The molecule has 1 aromatic rings. The van der Waals surface area contributed by atoms with Crippen LogP contribution in [0.3, 0.4) is 0 Å². The van der Waals surface area contributed by atoms with Crippen LogP contribution in [0.4, 0.5) is 13.2 Å². The number of carbonyl (C=O) groups is 2. The average Bonchev–Trinajstić information content (AvgIpc) is 2.89. The predicted octanol–water partition coefficient (Wildman–Crippen LogP) is 9.65. The van der Waals surface area contributed by atoms with Gasteiger partial charge in [0.15, 0.2) is 0 Å². The van der Waals surface area contributed by atoms with Crippen LogP contribution >= 0.6 is 0 Å². The number of unbranched alkanes of at least 4 members (excludes halogenated alkanes) is 15. The third-order valence-corrected chi connectivity index (χ3v) is 7.01. The lowest BCUT2D eigenvalue weighted by molar-refractivity contribution is -0.146. The fraction of sp³-hybridized carbons (Fsp3) is 0.750. The summed E-state index contributed by atoms with van der Waals surface area (Å²) in [4.78, 5) is 25.1. The lowest BCUT2D eigenvalue weighted by Gasteiger charge is -2.19. The molecule has 0 bridgehead atoms. The molecule has 0 radical (unpaired) electrons. The first-order valence-corrected chi connectivity index (χ1v) is 15.3. The molecule has 0 spiro atoms. The van der Waals surface area contributed by atoms with Gasteiger partial charge in [-0.1, -0.05) is 117 Å². The number of amides is 1. The summed E-state index contributed by atoms with van der Waals surface area (Å²) < 4.78 is 43.7. The molecule has 224 valence electrons. The second kappa shape index (κ2) is 20.8. The summed E-state index contributed by atoms with van der Waals surface area (Å²) in [7, 11) is 0. The number of nitrogens with one attached hydrogen (secondary N) is 1. The highest BCUT2D eigenvalue weighted by Gasteiger charge is 2.30. The minimum atomic E-state index is -4.47. The van der Waals surface area contributed by atoms with E-state index in [-0.39, 0.29) is 11.5 Å². The van der Waals surface area contributed by atoms with Crippen LogP contribution in [0.15, 0.2) is 24.3 Å². The van der Waals surface area contributed by atoms with Gasteiger partial charge in [0.1, 0.15) is 6.04 Å². The van der Waals surface area contributed by atoms with Crippen molar-refractivity contribution in [3.63, 3.8) is 0 Å². The van der Waals surface area contributed by atoms with Crippen molar-refractivity contribution in [2.45, 2.75) is 142 Å². The van der Waals surface area contributed by atoms with Gasteiger partial charge in [0.25, 0.3) is 5.91 Å². The van der Waals surface area contributed by atoms with E-state index in [0.29, 0.717) is 13.0 Å². The lowest BCUT2D eigenvalue weighted by atomic mass is 10.0. The first-order chi connectivity index (χ1) is 18.6. The molecular weight excluding hydrogens is 503 g/mol. The first kappa shape index (κ1) is 35.0. The summed E-state index contributed by atoms with van der Waals surface area (Å²) >= 11 is 0. The molecule has 7 heteroatoms. The van der Waals surface area contributed by atoms with Gasteiger partial charge in [-0.15, -0.1) is 0 Å². The molecule has 0 aliphatic rings. The number of ether oxygens (including phenoxy) is 1. The fourth-order valence-electron chi connectivity index (χ4n) is 4.66. The van der Waals surface area contributed by atoms with Crippen molar-refractivity contribution in [2.24, 2.45) is 5.92 Å². The second-order valence-corrected chi connectivity index (χ2v) is 11.2. The monoisotopic (exact) mass is 555 g/mol. The summed E-state index contributed by atoms with van der Waals surface area (Å²) in [6.07, 6.45) is 16.2. The summed E-state index contributed by atoms with van der Waals surface area (Å²) in [6, 6.07) is 3.13. The van der Waals surface area contributed by atoms with Gasteiger partial charge < -0.3 is 10.1 Å². The Hall–Kier alpha value is -2.05. The van der Waals surface area contributed by atoms with Gasteiger partial charge >= 0.3 is 12.1 Å². The molecule has 4 nitrogen and oxygen atoms in total. The molecule has 1 amide bonds. The number of alkyl halides is 3. The number of hydrogen-bond acceptors (Lipinski definition) is 3. The molecule has 0 heterocycles. The molecule has 1 rings (SSSR count). The van der Waals surface area contributed by atoms with E-state index in [4.69, 9.17) is 4.74 Å². The molecule has 39 heavy (non-hydrogen) atoms. The molecule has 1 atom stereocenters. The zero-order valence-electron chi connectivity index (χ0n) is 24.6.